The van der Waals surface area contributed by atoms with Crippen LogP contribution in [0.4, 0.5) is 0 Å². The standard InChI is InChI=1S/C15H17N2O4.BrH/c1-16-8-9-17(11-16)10-13(18)21-14(15(19)20-2)12-6-4-3-5-7-12;/h3-9,11,14H,10H2,1-2H3;1H/q+1;/p-1. The summed E-state index contributed by atoms with van der Waals surface area (Å²) in [6.45, 7) is 0.0289. The van der Waals surface area contributed by atoms with E-state index in [4.69, 9.17) is 9.47 Å². The summed E-state index contributed by atoms with van der Waals surface area (Å²) < 4.78 is 13.4. The summed E-state index contributed by atoms with van der Waals surface area (Å²) in [6.07, 6.45) is 4.25. The van der Waals surface area contributed by atoms with E-state index in [1.807, 2.05) is 23.9 Å². The normalized spacial score (nSPS) is 11.2. The predicted octanol–water partition coefficient (Wildman–Crippen LogP) is -2.23. The average Bonchev–Trinajstić information content (AvgIpc) is 2.90. The molecule has 0 bridgehead atoms. The molecule has 0 radical (unpaired) electrons. The number of hydrogen-bond acceptors (Lipinski definition) is 4. The van der Waals surface area contributed by atoms with E-state index < -0.39 is 18.0 Å². The third-order valence-electron chi connectivity index (χ3n) is 2.90. The Balaban J connectivity index is 0.00000242. The van der Waals surface area contributed by atoms with Crippen molar-refractivity contribution >= 4 is 11.9 Å². The minimum atomic E-state index is -1.05. The van der Waals surface area contributed by atoms with Gasteiger partial charge in [-0.3, -0.25) is 0 Å². The van der Waals surface area contributed by atoms with E-state index in [1.54, 1.807) is 41.4 Å². The van der Waals surface area contributed by atoms with Gasteiger partial charge in [0.1, 0.15) is 12.4 Å². The van der Waals surface area contributed by atoms with Crippen LogP contribution in [0.1, 0.15) is 11.7 Å². The number of ether oxygens (including phenoxy) is 2. The number of hydrogen-bond donors (Lipinski definition) is 0. The van der Waals surface area contributed by atoms with E-state index in [0.717, 1.165) is 0 Å². The molecule has 1 aromatic carbocycles. The maximum atomic E-state index is 12.0. The first-order valence-electron chi connectivity index (χ1n) is 6.43. The molecule has 118 valence electrons. The molecular formula is C15H17BrN2O4. The maximum Gasteiger partial charge on any atom is 0.351 e. The van der Waals surface area contributed by atoms with E-state index >= 15 is 0 Å². The summed E-state index contributed by atoms with van der Waals surface area (Å²) in [6, 6.07) is 8.78. The van der Waals surface area contributed by atoms with Crippen molar-refractivity contribution in [2.45, 2.75) is 12.6 Å². The topological polar surface area (TPSA) is 61.4 Å². The first-order valence-corrected chi connectivity index (χ1v) is 6.43. The Morgan fingerprint density at radius 3 is 2.50 bits per heavy atom. The van der Waals surface area contributed by atoms with Gasteiger partial charge in [0.2, 0.25) is 12.4 Å². The molecule has 22 heavy (non-hydrogen) atoms. The molecular weight excluding hydrogens is 352 g/mol. The van der Waals surface area contributed by atoms with E-state index in [2.05, 4.69) is 0 Å². The quantitative estimate of drug-likeness (QED) is 0.443. The van der Waals surface area contributed by atoms with Gasteiger partial charge < -0.3 is 26.5 Å². The summed E-state index contributed by atoms with van der Waals surface area (Å²) in [5, 5.41) is 0. The zero-order valence-corrected chi connectivity index (χ0v) is 13.9. The Morgan fingerprint density at radius 1 is 1.27 bits per heavy atom. The third-order valence-corrected chi connectivity index (χ3v) is 2.90. The van der Waals surface area contributed by atoms with Gasteiger partial charge in [0.05, 0.1) is 14.2 Å². The highest BCUT2D eigenvalue weighted by molar-refractivity contribution is 5.80. The van der Waals surface area contributed by atoms with Gasteiger partial charge in [0.15, 0.2) is 6.54 Å². The Hall–Kier alpha value is -2.15. The second-order valence-electron chi connectivity index (χ2n) is 4.56. The van der Waals surface area contributed by atoms with Gasteiger partial charge in [0, 0.05) is 5.56 Å². The molecule has 0 aliphatic heterocycles. The summed E-state index contributed by atoms with van der Waals surface area (Å²) in [5.74, 6) is -1.11. The van der Waals surface area contributed by atoms with Crippen LogP contribution in [0.5, 0.6) is 0 Å². The molecule has 1 heterocycles. The number of imidazole rings is 1. The molecule has 1 aromatic heterocycles. The number of aromatic nitrogens is 2. The fraction of sp³-hybridized carbons (Fsp3) is 0.267. The van der Waals surface area contributed by atoms with Crippen LogP contribution < -0.4 is 21.5 Å². The average molecular weight is 369 g/mol. The largest absolute Gasteiger partial charge is 1.00 e. The molecule has 0 fully saturated rings. The summed E-state index contributed by atoms with van der Waals surface area (Å²) >= 11 is 0. The van der Waals surface area contributed by atoms with Gasteiger partial charge in [-0.05, 0) is 0 Å². The van der Waals surface area contributed by atoms with Gasteiger partial charge in [-0.1, -0.05) is 30.3 Å². The number of carbonyl (C=O) groups excluding carboxylic acids is 2. The molecule has 7 heteroatoms. The molecule has 1 atom stereocenters. The second kappa shape index (κ2) is 8.33. The number of nitrogens with zero attached hydrogens (tertiary/aromatic N) is 2. The van der Waals surface area contributed by atoms with Crippen molar-refractivity contribution in [2.24, 2.45) is 7.05 Å². The fourth-order valence-corrected chi connectivity index (χ4v) is 1.90. The molecule has 0 aliphatic rings. The number of aryl methyl sites for hydroxylation is 1. The Morgan fingerprint density at radius 2 is 1.95 bits per heavy atom. The van der Waals surface area contributed by atoms with Crippen LogP contribution in [0.2, 0.25) is 0 Å². The summed E-state index contributed by atoms with van der Waals surface area (Å²) in [7, 11) is 3.11. The van der Waals surface area contributed by atoms with Gasteiger partial charge in [-0.25, -0.2) is 18.7 Å². The number of benzene rings is 1. The first kappa shape index (κ1) is 17.9. The molecule has 1 unspecified atom stereocenters. The molecule has 0 saturated carbocycles. The zero-order chi connectivity index (χ0) is 15.2. The van der Waals surface area contributed by atoms with Crippen LogP contribution in [0.25, 0.3) is 0 Å². The molecule has 0 aliphatic carbocycles. The van der Waals surface area contributed by atoms with Crippen LogP contribution in [0.15, 0.2) is 49.1 Å². The van der Waals surface area contributed by atoms with E-state index in [-0.39, 0.29) is 23.5 Å². The number of rotatable bonds is 5. The zero-order valence-electron chi connectivity index (χ0n) is 12.3. The van der Waals surface area contributed by atoms with E-state index in [1.165, 1.54) is 7.11 Å². The fourth-order valence-electron chi connectivity index (χ4n) is 1.90. The van der Waals surface area contributed by atoms with Crippen molar-refractivity contribution in [1.82, 2.24) is 4.57 Å². The van der Waals surface area contributed by atoms with Gasteiger partial charge >= 0.3 is 11.9 Å². The predicted molar refractivity (Wildman–Crippen MR) is 72.9 cm³/mol. The summed E-state index contributed by atoms with van der Waals surface area (Å²) in [4.78, 5) is 23.8. The number of carbonyl (C=O) groups is 2. The van der Waals surface area contributed by atoms with Crippen molar-refractivity contribution in [1.29, 1.82) is 0 Å². The number of esters is 2. The molecule has 0 spiro atoms. The van der Waals surface area contributed by atoms with Crippen molar-refractivity contribution < 1.29 is 40.6 Å². The van der Waals surface area contributed by atoms with Crippen molar-refractivity contribution in [3.63, 3.8) is 0 Å². The van der Waals surface area contributed by atoms with Crippen LogP contribution >= 0.6 is 0 Å². The smallest absolute Gasteiger partial charge is 0.351 e. The van der Waals surface area contributed by atoms with Gasteiger partial charge in [-0.15, -0.1) is 0 Å². The number of halogens is 1. The Kier molecular flexibility index (Phi) is 6.78. The maximum absolute atomic E-state index is 12.0. The van der Waals surface area contributed by atoms with Crippen LogP contribution in [-0.4, -0.2) is 23.6 Å². The van der Waals surface area contributed by atoms with Crippen LogP contribution in [0, 0.1) is 0 Å². The van der Waals surface area contributed by atoms with Gasteiger partial charge in [0.25, 0.3) is 0 Å². The molecule has 0 N–H and O–H groups in total. The highest BCUT2D eigenvalue weighted by atomic mass is 79.9. The SMILES string of the molecule is COC(=O)C(OC(=O)C[n+]1ccn(C)c1)c1ccccc1.[Br-]. The summed E-state index contributed by atoms with van der Waals surface area (Å²) in [5.41, 5.74) is 0.579. The van der Waals surface area contributed by atoms with Gasteiger partial charge in [-0.2, -0.15) is 0 Å². The molecule has 2 rings (SSSR count). The highest BCUT2D eigenvalue weighted by Crippen LogP contribution is 2.18. The number of methoxy groups -OCH3 is 1. The first-order chi connectivity index (χ1) is 10.1. The minimum Gasteiger partial charge on any atom is -1.00 e. The van der Waals surface area contributed by atoms with Crippen LogP contribution in [0.3, 0.4) is 0 Å². The van der Waals surface area contributed by atoms with Crippen molar-refractivity contribution in [3.8, 4) is 0 Å². The van der Waals surface area contributed by atoms with E-state index in [0.29, 0.717) is 5.56 Å². The van der Waals surface area contributed by atoms with Crippen molar-refractivity contribution in [3.05, 3.63) is 54.6 Å². The highest BCUT2D eigenvalue weighted by Gasteiger charge is 2.26. The Labute approximate surface area is 139 Å². The van der Waals surface area contributed by atoms with Crippen LogP contribution in [-0.2, 0) is 32.7 Å². The second-order valence-corrected chi connectivity index (χ2v) is 4.56. The van der Waals surface area contributed by atoms with Crippen molar-refractivity contribution in [2.75, 3.05) is 7.11 Å². The molecule has 2 aromatic rings. The molecule has 0 saturated heterocycles. The van der Waals surface area contributed by atoms with E-state index in [9.17, 15) is 9.59 Å². The lowest BCUT2D eigenvalue weighted by atomic mass is 10.1. The lowest BCUT2D eigenvalue weighted by Gasteiger charge is -2.15. The molecule has 0 amide bonds. The lowest BCUT2D eigenvalue weighted by molar-refractivity contribution is -0.685. The molecule has 6 nitrogen and oxygen atoms in total. The monoisotopic (exact) mass is 368 g/mol. The third kappa shape index (κ3) is 4.70. The lowest BCUT2D eigenvalue weighted by Crippen LogP contribution is -3.00. The Bertz CT molecular complexity index is 627. The minimum absolute atomic E-state index is 0.